The Hall–Kier alpha value is -3.39. The summed E-state index contributed by atoms with van der Waals surface area (Å²) in [6.45, 7) is 1.69. The first kappa shape index (κ1) is 18.4. The van der Waals surface area contributed by atoms with Crippen molar-refractivity contribution in [2.75, 3.05) is 7.11 Å². The maximum atomic E-state index is 12.1. The van der Waals surface area contributed by atoms with Crippen molar-refractivity contribution < 1.29 is 23.5 Å². The molecule has 27 heavy (non-hydrogen) atoms. The Labute approximate surface area is 159 Å². The van der Waals surface area contributed by atoms with Gasteiger partial charge in [-0.05, 0) is 48.2 Å². The van der Waals surface area contributed by atoms with E-state index in [1.165, 1.54) is 30.9 Å². The van der Waals surface area contributed by atoms with Crippen molar-refractivity contribution in [2.45, 2.75) is 6.92 Å². The largest absolute Gasteiger partial charge is 0.493 e. The summed E-state index contributed by atoms with van der Waals surface area (Å²) < 4.78 is 15.7. The van der Waals surface area contributed by atoms with Crippen molar-refractivity contribution >= 4 is 29.4 Å². The van der Waals surface area contributed by atoms with E-state index in [9.17, 15) is 9.59 Å². The minimum absolute atomic E-state index is 0.297. The summed E-state index contributed by atoms with van der Waals surface area (Å²) in [7, 11) is 1.47. The second-order valence-electron chi connectivity index (χ2n) is 5.37. The third-order valence-corrected chi connectivity index (χ3v) is 4.45. The fraction of sp³-hybridized carbons (Fsp3) is 0.105. The average molecular weight is 384 g/mol. The van der Waals surface area contributed by atoms with Crippen LogP contribution >= 0.6 is 11.3 Å². The zero-order chi connectivity index (χ0) is 19.2. The van der Waals surface area contributed by atoms with Gasteiger partial charge in [-0.1, -0.05) is 6.07 Å². The van der Waals surface area contributed by atoms with Crippen molar-refractivity contribution in [1.29, 1.82) is 0 Å². The van der Waals surface area contributed by atoms with Gasteiger partial charge in [0.1, 0.15) is 10.6 Å². The molecule has 0 saturated heterocycles. The Morgan fingerprint density at radius 1 is 1.22 bits per heavy atom. The van der Waals surface area contributed by atoms with Crippen LogP contribution in [0.5, 0.6) is 11.5 Å². The summed E-state index contributed by atoms with van der Waals surface area (Å²) in [5, 5.41) is 5.72. The van der Waals surface area contributed by atoms with E-state index < -0.39 is 5.97 Å². The van der Waals surface area contributed by atoms with Gasteiger partial charge in [0.15, 0.2) is 11.5 Å². The smallest absolute Gasteiger partial charge is 0.353 e. The van der Waals surface area contributed by atoms with Crippen molar-refractivity contribution in [2.24, 2.45) is 5.10 Å². The highest BCUT2D eigenvalue weighted by molar-refractivity contribution is 7.12. The summed E-state index contributed by atoms with van der Waals surface area (Å²) in [4.78, 5) is 24.5. The zero-order valence-electron chi connectivity index (χ0n) is 14.6. The van der Waals surface area contributed by atoms with Crippen LogP contribution in [0.25, 0.3) is 0 Å². The number of nitrogens with one attached hydrogen (secondary N) is 1. The predicted octanol–water partition coefficient (Wildman–Crippen LogP) is 3.64. The molecule has 0 spiro atoms. The van der Waals surface area contributed by atoms with Crippen LogP contribution in [0.1, 0.15) is 31.4 Å². The van der Waals surface area contributed by atoms with Gasteiger partial charge in [0.25, 0.3) is 5.91 Å². The summed E-state index contributed by atoms with van der Waals surface area (Å²) in [6.07, 6.45) is 2.90. The first-order valence-electron chi connectivity index (χ1n) is 7.89. The number of nitrogens with zero attached hydrogens (tertiary/aromatic N) is 1. The van der Waals surface area contributed by atoms with Gasteiger partial charge in [0.2, 0.25) is 0 Å². The lowest BCUT2D eigenvalue weighted by Gasteiger charge is -2.09. The highest BCUT2D eigenvalue weighted by atomic mass is 32.1. The number of ether oxygens (including phenoxy) is 2. The summed E-state index contributed by atoms with van der Waals surface area (Å²) in [5.74, 6) is 0.367. The maximum Gasteiger partial charge on any atom is 0.353 e. The predicted molar refractivity (Wildman–Crippen MR) is 101 cm³/mol. The molecule has 3 aromatic rings. The molecule has 138 valence electrons. The lowest BCUT2D eigenvalue weighted by molar-refractivity contribution is 0.0734. The van der Waals surface area contributed by atoms with E-state index in [1.807, 2.05) is 0 Å². The molecule has 0 bridgehead atoms. The second kappa shape index (κ2) is 8.33. The molecule has 1 N–H and O–H groups in total. The van der Waals surface area contributed by atoms with Gasteiger partial charge in [-0.15, -0.1) is 11.3 Å². The average Bonchev–Trinajstić information content (AvgIpc) is 3.34. The Morgan fingerprint density at radius 3 is 2.74 bits per heavy atom. The first-order valence-corrected chi connectivity index (χ1v) is 8.77. The van der Waals surface area contributed by atoms with Crippen molar-refractivity contribution in [3.05, 3.63) is 69.8 Å². The van der Waals surface area contributed by atoms with Gasteiger partial charge in [0, 0.05) is 0 Å². The van der Waals surface area contributed by atoms with Crippen LogP contribution in [0.15, 0.2) is 57.6 Å². The molecule has 7 nitrogen and oxygen atoms in total. The Bertz CT molecular complexity index is 976. The SMILES string of the molecule is COc1cc(C=NNC(=O)c2ccoc2C)ccc1OC(=O)c1cccs1. The van der Waals surface area contributed by atoms with Gasteiger partial charge in [-0.3, -0.25) is 4.79 Å². The van der Waals surface area contributed by atoms with Crippen LogP contribution in [0.3, 0.4) is 0 Å². The lowest BCUT2D eigenvalue weighted by atomic mass is 10.2. The Balaban J connectivity index is 1.67. The number of hydrogen-bond acceptors (Lipinski definition) is 7. The number of rotatable bonds is 6. The Morgan fingerprint density at radius 2 is 2.07 bits per heavy atom. The third kappa shape index (κ3) is 4.42. The van der Waals surface area contributed by atoms with E-state index in [0.717, 1.165) is 0 Å². The van der Waals surface area contributed by atoms with Crippen LogP contribution in [0.2, 0.25) is 0 Å². The van der Waals surface area contributed by atoms with E-state index in [2.05, 4.69) is 10.5 Å². The number of thiophene rings is 1. The molecule has 0 atom stereocenters. The molecule has 0 aliphatic carbocycles. The summed E-state index contributed by atoms with van der Waals surface area (Å²) in [6, 6.07) is 9.98. The molecular formula is C19H16N2O5S. The highest BCUT2D eigenvalue weighted by Gasteiger charge is 2.14. The van der Waals surface area contributed by atoms with Crippen molar-refractivity contribution in [3.8, 4) is 11.5 Å². The molecule has 0 aliphatic rings. The molecule has 0 aliphatic heterocycles. The normalized spacial score (nSPS) is 10.7. The van der Waals surface area contributed by atoms with E-state index >= 15 is 0 Å². The minimum atomic E-state index is -0.451. The number of carbonyl (C=O) groups excluding carboxylic acids is 2. The molecule has 2 heterocycles. The second-order valence-corrected chi connectivity index (χ2v) is 6.31. The number of amides is 1. The molecule has 0 fully saturated rings. The summed E-state index contributed by atoms with van der Waals surface area (Å²) in [5.41, 5.74) is 3.50. The van der Waals surface area contributed by atoms with E-state index in [0.29, 0.717) is 33.3 Å². The fourth-order valence-electron chi connectivity index (χ4n) is 2.24. The van der Waals surface area contributed by atoms with Gasteiger partial charge in [-0.2, -0.15) is 5.10 Å². The molecule has 0 radical (unpaired) electrons. The van der Waals surface area contributed by atoms with Crippen LogP contribution in [0, 0.1) is 6.92 Å². The van der Waals surface area contributed by atoms with Crippen LogP contribution in [-0.4, -0.2) is 25.2 Å². The van der Waals surface area contributed by atoms with E-state index in [-0.39, 0.29) is 5.91 Å². The van der Waals surface area contributed by atoms with Crippen LogP contribution in [0.4, 0.5) is 0 Å². The van der Waals surface area contributed by atoms with Crippen LogP contribution in [-0.2, 0) is 0 Å². The van der Waals surface area contributed by atoms with Gasteiger partial charge >= 0.3 is 5.97 Å². The zero-order valence-corrected chi connectivity index (χ0v) is 15.4. The maximum absolute atomic E-state index is 12.1. The van der Waals surface area contributed by atoms with Gasteiger partial charge in [-0.25, -0.2) is 10.2 Å². The number of methoxy groups -OCH3 is 1. The fourth-order valence-corrected chi connectivity index (χ4v) is 2.84. The molecule has 1 aromatic carbocycles. The van der Waals surface area contributed by atoms with Gasteiger partial charge in [0.05, 0.1) is 25.2 Å². The molecular weight excluding hydrogens is 368 g/mol. The quantitative estimate of drug-likeness (QED) is 0.303. The van der Waals surface area contributed by atoms with Crippen LogP contribution < -0.4 is 14.9 Å². The topological polar surface area (TPSA) is 90.1 Å². The molecule has 0 unspecified atom stereocenters. The number of hydrogen-bond donors (Lipinski definition) is 1. The molecule has 3 rings (SSSR count). The summed E-state index contributed by atoms with van der Waals surface area (Å²) >= 11 is 1.30. The highest BCUT2D eigenvalue weighted by Crippen LogP contribution is 2.28. The number of hydrazone groups is 1. The molecule has 0 saturated carbocycles. The molecule has 8 heteroatoms. The standard InChI is InChI=1S/C19H16N2O5S/c1-12-14(7-8-25-12)18(22)21-20-11-13-5-6-15(16(10-13)24-2)26-19(23)17-4-3-9-27-17/h3-11H,1-2H3,(H,21,22). The first-order chi connectivity index (χ1) is 13.1. The third-order valence-electron chi connectivity index (χ3n) is 3.60. The van der Waals surface area contributed by atoms with Crippen molar-refractivity contribution in [1.82, 2.24) is 5.43 Å². The number of esters is 1. The minimum Gasteiger partial charge on any atom is -0.493 e. The molecule has 2 aromatic heterocycles. The number of carbonyl (C=O) groups is 2. The van der Waals surface area contributed by atoms with E-state index in [1.54, 1.807) is 48.7 Å². The monoisotopic (exact) mass is 384 g/mol. The molecule has 1 amide bonds. The number of aryl methyl sites for hydroxylation is 1. The number of furan rings is 1. The Kier molecular flexibility index (Phi) is 5.68. The number of benzene rings is 1. The van der Waals surface area contributed by atoms with E-state index in [4.69, 9.17) is 13.9 Å². The van der Waals surface area contributed by atoms with Crippen molar-refractivity contribution in [3.63, 3.8) is 0 Å². The lowest BCUT2D eigenvalue weighted by Crippen LogP contribution is -2.17. The van der Waals surface area contributed by atoms with Gasteiger partial charge < -0.3 is 13.9 Å².